The average molecular weight is 220 g/mol. The van der Waals surface area contributed by atoms with E-state index in [0.29, 0.717) is 13.2 Å². The van der Waals surface area contributed by atoms with Gasteiger partial charge in [-0.1, -0.05) is 17.7 Å². The van der Waals surface area contributed by atoms with E-state index >= 15 is 0 Å². The fraction of sp³-hybridized carbons (Fsp3) is 0.462. The fourth-order valence-electron chi connectivity index (χ4n) is 2.05. The van der Waals surface area contributed by atoms with Crippen LogP contribution in [-0.4, -0.2) is 26.1 Å². The molecule has 0 unspecified atom stereocenters. The smallest absolute Gasteiger partial charge is 0.145 e. The van der Waals surface area contributed by atoms with Crippen molar-refractivity contribution in [2.45, 2.75) is 19.3 Å². The fourth-order valence-corrected chi connectivity index (χ4v) is 2.05. The molecule has 0 spiro atoms. The van der Waals surface area contributed by atoms with E-state index in [4.69, 9.17) is 9.47 Å². The summed E-state index contributed by atoms with van der Waals surface area (Å²) in [5.41, 5.74) is 1.59. The van der Waals surface area contributed by atoms with Crippen molar-refractivity contribution in [2.24, 2.45) is 0 Å². The lowest BCUT2D eigenvalue weighted by atomic mass is 9.74. The van der Waals surface area contributed by atoms with E-state index in [0.717, 1.165) is 16.9 Å². The SMILES string of the molecule is COc1ccc(C)cc1C1(C(C)=O)COC1. The molecule has 1 saturated heterocycles. The number of rotatable bonds is 3. The van der Waals surface area contributed by atoms with Crippen LogP contribution in [0.15, 0.2) is 18.2 Å². The average Bonchev–Trinajstić information content (AvgIpc) is 2.15. The predicted molar refractivity (Wildman–Crippen MR) is 60.9 cm³/mol. The highest BCUT2D eigenvalue weighted by Gasteiger charge is 2.46. The zero-order chi connectivity index (χ0) is 11.8. The van der Waals surface area contributed by atoms with E-state index in [1.807, 2.05) is 25.1 Å². The van der Waals surface area contributed by atoms with Gasteiger partial charge in [0.25, 0.3) is 0 Å². The Balaban J connectivity index is 2.52. The second-order valence-electron chi connectivity index (χ2n) is 4.33. The summed E-state index contributed by atoms with van der Waals surface area (Å²) in [5, 5.41) is 0. The van der Waals surface area contributed by atoms with Crippen LogP contribution >= 0.6 is 0 Å². The largest absolute Gasteiger partial charge is 0.496 e. The molecule has 16 heavy (non-hydrogen) atoms. The number of benzene rings is 1. The van der Waals surface area contributed by atoms with Crippen molar-refractivity contribution >= 4 is 5.78 Å². The molecule has 1 aliphatic rings. The minimum absolute atomic E-state index is 0.141. The number of aryl methyl sites for hydroxylation is 1. The zero-order valence-electron chi connectivity index (χ0n) is 9.87. The van der Waals surface area contributed by atoms with E-state index in [9.17, 15) is 4.79 Å². The molecule has 1 aliphatic heterocycles. The molecule has 0 bridgehead atoms. The van der Waals surface area contributed by atoms with E-state index in [1.165, 1.54) is 0 Å². The number of hydrogen-bond donors (Lipinski definition) is 0. The van der Waals surface area contributed by atoms with Crippen molar-refractivity contribution in [3.63, 3.8) is 0 Å². The number of methoxy groups -OCH3 is 1. The van der Waals surface area contributed by atoms with Crippen molar-refractivity contribution in [3.8, 4) is 5.75 Å². The standard InChI is InChI=1S/C13H16O3/c1-9-4-5-12(15-3)11(6-9)13(10(2)14)7-16-8-13/h4-6H,7-8H2,1-3H3. The third-order valence-corrected chi connectivity index (χ3v) is 3.24. The van der Waals surface area contributed by atoms with Crippen LogP contribution in [0, 0.1) is 6.92 Å². The first kappa shape index (κ1) is 11.1. The van der Waals surface area contributed by atoms with Crippen LogP contribution in [0.4, 0.5) is 0 Å². The van der Waals surface area contributed by atoms with Gasteiger partial charge in [0.05, 0.1) is 20.3 Å². The Morgan fingerprint density at radius 3 is 2.56 bits per heavy atom. The molecule has 86 valence electrons. The van der Waals surface area contributed by atoms with Gasteiger partial charge in [-0.25, -0.2) is 0 Å². The topological polar surface area (TPSA) is 35.5 Å². The summed E-state index contributed by atoms with van der Waals surface area (Å²) in [7, 11) is 1.63. The molecule has 1 fully saturated rings. The van der Waals surface area contributed by atoms with E-state index in [2.05, 4.69) is 0 Å². The highest BCUT2D eigenvalue weighted by atomic mass is 16.5. The van der Waals surface area contributed by atoms with Gasteiger partial charge in [0, 0.05) is 5.56 Å². The quantitative estimate of drug-likeness (QED) is 0.780. The molecule has 0 radical (unpaired) electrons. The molecule has 2 rings (SSSR count). The Kier molecular flexibility index (Phi) is 2.72. The van der Waals surface area contributed by atoms with E-state index < -0.39 is 5.41 Å². The Morgan fingerprint density at radius 1 is 1.44 bits per heavy atom. The van der Waals surface area contributed by atoms with Crippen LogP contribution in [-0.2, 0) is 14.9 Å². The van der Waals surface area contributed by atoms with Gasteiger partial charge >= 0.3 is 0 Å². The van der Waals surface area contributed by atoms with Crippen molar-refractivity contribution in [1.29, 1.82) is 0 Å². The lowest BCUT2D eigenvalue weighted by Crippen LogP contribution is -2.52. The molecule has 3 heteroatoms. The Labute approximate surface area is 95.4 Å². The molecule has 0 aromatic heterocycles. The molecule has 1 aromatic carbocycles. The van der Waals surface area contributed by atoms with Gasteiger partial charge < -0.3 is 9.47 Å². The highest BCUT2D eigenvalue weighted by Crippen LogP contribution is 2.39. The first-order chi connectivity index (χ1) is 7.60. The Bertz CT molecular complexity index is 419. The third kappa shape index (κ3) is 1.52. The molecule has 0 aliphatic carbocycles. The van der Waals surface area contributed by atoms with E-state index in [-0.39, 0.29) is 5.78 Å². The van der Waals surface area contributed by atoms with Crippen LogP contribution in [0.25, 0.3) is 0 Å². The predicted octanol–water partition coefficient (Wildman–Crippen LogP) is 1.86. The van der Waals surface area contributed by atoms with Crippen molar-refractivity contribution < 1.29 is 14.3 Å². The van der Waals surface area contributed by atoms with Crippen LogP contribution in [0.5, 0.6) is 5.75 Å². The molecule has 0 N–H and O–H groups in total. The minimum atomic E-state index is -0.489. The summed E-state index contributed by atoms with van der Waals surface area (Å²) >= 11 is 0. The van der Waals surface area contributed by atoms with Crippen LogP contribution in [0.1, 0.15) is 18.1 Å². The number of ketones is 1. The van der Waals surface area contributed by atoms with Gasteiger partial charge in [-0.2, -0.15) is 0 Å². The highest BCUT2D eigenvalue weighted by molar-refractivity contribution is 5.90. The van der Waals surface area contributed by atoms with Gasteiger partial charge in [0.1, 0.15) is 16.9 Å². The molecule has 0 amide bonds. The lowest BCUT2D eigenvalue weighted by molar-refractivity contribution is -0.140. The molecular formula is C13H16O3. The van der Waals surface area contributed by atoms with Gasteiger partial charge in [0.15, 0.2) is 0 Å². The van der Waals surface area contributed by atoms with Crippen LogP contribution < -0.4 is 4.74 Å². The van der Waals surface area contributed by atoms with Crippen LogP contribution in [0.3, 0.4) is 0 Å². The number of hydrogen-bond acceptors (Lipinski definition) is 3. The Hall–Kier alpha value is -1.35. The summed E-state index contributed by atoms with van der Waals surface area (Å²) in [6.07, 6.45) is 0. The molecule has 3 nitrogen and oxygen atoms in total. The zero-order valence-corrected chi connectivity index (χ0v) is 9.87. The summed E-state index contributed by atoms with van der Waals surface area (Å²) in [5.74, 6) is 0.909. The normalized spacial score (nSPS) is 17.7. The molecule has 0 atom stereocenters. The first-order valence-corrected chi connectivity index (χ1v) is 5.34. The second kappa shape index (κ2) is 3.91. The molecule has 1 heterocycles. The molecule has 1 aromatic rings. The van der Waals surface area contributed by atoms with Gasteiger partial charge in [-0.15, -0.1) is 0 Å². The second-order valence-corrected chi connectivity index (χ2v) is 4.33. The lowest BCUT2D eigenvalue weighted by Gasteiger charge is -2.40. The third-order valence-electron chi connectivity index (χ3n) is 3.24. The number of Topliss-reactive ketones (excluding diaryl/α,β-unsaturated/α-hetero) is 1. The maximum absolute atomic E-state index is 11.8. The maximum atomic E-state index is 11.8. The first-order valence-electron chi connectivity index (χ1n) is 5.34. The van der Waals surface area contributed by atoms with Crippen LogP contribution in [0.2, 0.25) is 0 Å². The van der Waals surface area contributed by atoms with Gasteiger partial charge in [-0.3, -0.25) is 4.79 Å². The minimum Gasteiger partial charge on any atom is -0.496 e. The van der Waals surface area contributed by atoms with Gasteiger partial charge in [-0.05, 0) is 19.9 Å². The number of ether oxygens (including phenoxy) is 2. The van der Waals surface area contributed by atoms with Gasteiger partial charge in [0.2, 0.25) is 0 Å². The van der Waals surface area contributed by atoms with E-state index in [1.54, 1.807) is 14.0 Å². The molecular weight excluding hydrogens is 204 g/mol. The Morgan fingerprint density at radius 2 is 2.12 bits per heavy atom. The monoisotopic (exact) mass is 220 g/mol. The number of carbonyl (C=O) groups is 1. The van der Waals surface area contributed by atoms with Crippen molar-refractivity contribution in [3.05, 3.63) is 29.3 Å². The summed E-state index contributed by atoms with van der Waals surface area (Å²) in [6, 6.07) is 5.91. The van der Waals surface area contributed by atoms with Crippen molar-refractivity contribution in [1.82, 2.24) is 0 Å². The maximum Gasteiger partial charge on any atom is 0.145 e. The molecule has 0 saturated carbocycles. The summed E-state index contributed by atoms with van der Waals surface area (Å²) < 4.78 is 10.5. The number of carbonyl (C=O) groups excluding carboxylic acids is 1. The summed E-state index contributed by atoms with van der Waals surface area (Å²) in [6.45, 7) is 4.55. The summed E-state index contributed by atoms with van der Waals surface area (Å²) in [4.78, 5) is 11.8. The van der Waals surface area contributed by atoms with Crippen molar-refractivity contribution in [2.75, 3.05) is 20.3 Å².